The van der Waals surface area contributed by atoms with Crippen molar-refractivity contribution in [2.45, 2.75) is 32.8 Å². The molecule has 0 aromatic carbocycles. The van der Waals surface area contributed by atoms with Crippen molar-refractivity contribution in [1.29, 1.82) is 21.0 Å². The number of hydrogen-bond acceptors (Lipinski definition) is 8. The fourth-order valence-corrected chi connectivity index (χ4v) is 3.12. The van der Waals surface area contributed by atoms with Crippen LogP contribution in [0.3, 0.4) is 0 Å². The van der Waals surface area contributed by atoms with Crippen LogP contribution < -0.4 is 0 Å². The van der Waals surface area contributed by atoms with Crippen LogP contribution in [0.25, 0.3) is 0 Å². The summed E-state index contributed by atoms with van der Waals surface area (Å²) >= 11 is 0. The molecule has 1 aliphatic carbocycles. The van der Waals surface area contributed by atoms with Crippen LogP contribution in [0.5, 0.6) is 0 Å². The van der Waals surface area contributed by atoms with Crippen molar-refractivity contribution >= 4 is 5.97 Å². The van der Waals surface area contributed by atoms with Crippen molar-refractivity contribution in [3.63, 3.8) is 0 Å². The third kappa shape index (κ3) is 3.47. The summed E-state index contributed by atoms with van der Waals surface area (Å²) in [4.78, 5) is 11.9. The van der Waals surface area contributed by atoms with Gasteiger partial charge in [0.15, 0.2) is 10.8 Å². The first-order chi connectivity index (χ1) is 12.4. The molecule has 1 aliphatic rings. The maximum Gasteiger partial charge on any atom is 0.332 e. The van der Waals surface area contributed by atoms with Crippen molar-refractivity contribution in [1.82, 2.24) is 0 Å². The summed E-state index contributed by atoms with van der Waals surface area (Å²) in [5, 5.41) is 39.0. The summed E-state index contributed by atoms with van der Waals surface area (Å²) in [5.41, 5.74) is -3.95. The Balaban J connectivity index is 3.56. The molecule has 0 fully saturated rings. The zero-order valence-corrected chi connectivity index (χ0v) is 15.0. The molecule has 0 aliphatic heterocycles. The molecule has 26 heavy (non-hydrogen) atoms. The number of carbonyl (C=O) groups is 1. The highest BCUT2D eigenvalue weighted by Gasteiger charge is 2.63. The van der Waals surface area contributed by atoms with E-state index in [-0.39, 0.29) is 26.1 Å². The summed E-state index contributed by atoms with van der Waals surface area (Å²) in [6, 6.07) is 7.41. The lowest BCUT2D eigenvalue weighted by atomic mass is 9.54. The van der Waals surface area contributed by atoms with Crippen LogP contribution in [0, 0.1) is 62.1 Å². The average molecular weight is 356 g/mol. The SMILES string of the molecule is CCOC1=CC(C(CC)OC(=O)COC)C(C#N)(C#N)C(C#N)(C#N)C1. The maximum absolute atomic E-state index is 11.9. The lowest BCUT2D eigenvalue weighted by Gasteiger charge is -2.42. The van der Waals surface area contributed by atoms with Crippen LogP contribution in [0.4, 0.5) is 0 Å². The first-order valence-corrected chi connectivity index (χ1v) is 8.11. The summed E-state index contributed by atoms with van der Waals surface area (Å²) in [6.45, 7) is 3.45. The Morgan fingerprint density at radius 1 is 1.23 bits per heavy atom. The van der Waals surface area contributed by atoms with Gasteiger partial charge in [-0.25, -0.2) is 4.79 Å². The lowest BCUT2D eigenvalue weighted by molar-refractivity contribution is -0.157. The van der Waals surface area contributed by atoms with E-state index in [1.54, 1.807) is 13.8 Å². The van der Waals surface area contributed by atoms with Crippen molar-refractivity contribution in [3.8, 4) is 24.3 Å². The van der Waals surface area contributed by atoms with E-state index < -0.39 is 28.8 Å². The minimum atomic E-state index is -2.01. The van der Waals surface area contributed by atoms with Crippen molar-refractivity contribution in [2.75, 3.05) is 20.3 Å². The molecule has 0 saturated carbocycles. The normalized spacial score (nSPS) is 20.9. The molecule has 0 amide bonds. The van der Waals surface area contributed by atoms with Gasteiger partial charge in [0, 0.05) is 13.5 Å². The van der Waals surface area contributed by atoms with Gasteiger partial charge in [0.2, 0.25) is 0 Å². The minimum Gasteiger partial charge on any atom is -0.498 e. The zero-order valence-electron chi connectivity index (χ0n) is 15.0. The molecule has 0 spiro atoms. The molecule has 0 aromatic rings. The van der Waals surface area contributed by atoms with E-state index in [1.807, 2.05) is 24.3 Å². The molecule has 8 heteroatoms. The monoisotopic (exact) mass is 356 g/mol. The highest BCUT2D eigenvalue weighted by molar-refractivity contribution is 5.71. The summed E-state index contributed by atoms with van der Waals surface area (Å²) in [6.07, 6.45) is 0.716. The van der Waals surface area contributed by atoms with E-state index in [0.29, 0.717) is 5.76 Å². The zero-order chi connectivity index (χ0) is 19.8. The van der Waals surface area contributed by atoms with Crippen LogP contribution in [-0.4, -0.2) is 32.4 Å². The molecular formula is C18H20N4O4. The highest BCUT2D eigenvalue weighted by Crippen LogP contribution is 2.54. The second kappa shape index (κ2) is 8.86. The van der Waals surface area contributed by atoms with Gasteiger partial charge < -0.3 is 14.2 Å². The van der Waals surface area contributed by atoms with Gasteiger partial charge in [-0.1, -0.05) is 6.92 Å². The first kappa shape index (κ1) is 21.0. The molecule has 0 bridgehead atoms. The van der Waals surface area contributed by atoms with Crippen LogP contribution in [0.15, 0.2) is 11.8 Å². The Kier molecular flexibility index (Phi) is 7.15. The summed E-state index contributed by atoms with van der Waals surface area (Å²) in [7, 11) is 1.33. The third-order valence-electron chi connectivity index (χ3n) is 4.39. The van der Waals surface area contributed by atoms with E-state index in [0.717, 1.165) is 0 Å². The van der Waals surface area contributed by atoms with Gasteiger partial charge >= 0.3 is 5.97 Å². The Labute approximate surface area is 152 Å². The molecule has 0 N–H and O–H groups in total. The second-order valence-corrected chi connectivity index (χ2v) is 5.80. The van der Waals surface area contributed by atoms with Crippen molar-refractivity contribution in [2.24, 2.45) is 16.7 Å². The number of rotatable bonds is 7. The quantitative estimate of drug-likeness (QED) is 0.630. The number of esters is 1. The molecule has 2 unspecified atom stereocenters. The van der Waals surface area contributed by atoms with E-state index >= 15 is 0 Å². The van der Waals surface area contributed by atoms with Crippen LogP contribution in [0.1, 0.15) is 26.7 Å². The van der Waals surface area contributed by atoms with Crippen LogP contribution in [0.2, 0.25) is 0 Å². The minimum absolute atomic E-state index is 0.187. The first-order valence-electron chi connectivity index (χ1n) is 8.11. The smallest absolute Gasteiger partial charge is 0.332 e. The lowest BCUT2D eigenvalue weighted by Crippen LogP contribution is -2.51. The second-order valence-electron chi connectivity index (χ2n) is 5.80. The number of carbonyl (C=O) groups excluding carboxylic acids is 1. The topological polar surface area (TPSA) is 140 Å². The van der Waals surface area contributed by atoms with Gasteiger partial charge in [0.1, 0.15) is 12.7 Å². The fraction of sp³-hybridized carbons (Fsp3) is 0.611. The fourth-order valence-electron chi connectivity index (χ4n) is 3.12. The molecule has 2 atom stereocenters. The standard InChI is InChI=1S/C18H20N4O4/c1-4-15(26-16(23)8-24-3)14-6-13(25-5-2)7-17(9-19,10-20)18(14,11-21)12-22/h6,14-15H,4-5,7-8H2,1-3H3. The van der Waals surface area contributed by atoms with Gasteiger partial charge in [-0.15, -0.1) is 0 Å². The number of hydrogen-bond donors (Lipinski definition) is 0. The van der Waals surface area contributed by atoms with Gasteiger partial charge in [-0.2, -0.15) is 21.0 Å². The molecule has 8 nitrogen and oxygen atoms in total. The Hall–Kier alpha value is -3.07. The number of allylic oxidation sites excluding steroid dienone is 1. The predicted molar refractivity (Wildman–Crippen MR) is 87.2 cm³/mol. The Morgan fingerprint density at radius 3 is 2.27 bits per heavy atom. The number of methoxy groups -OCH3 is 1. The van der Waals surface area contributed by atoms with Gasteiger partial charge in [-0.05, 0) is 19.4 Å². The van der Waals surface area contributed by atoms with Crippen molar-refractivity contribution < 1.29 is 19.0 Å². The maximum atomic E-state index is 11.9. The third-order valence-corrected chi connectivity index (χ3v) is 4.39. The number of ether oxygens (including phenoxy) is 3. The van der Waals surface area contributed by atoms with Gasteiger partial charge in [-0.3, -0.25) is 0 Å². The molecular weight excluding hydrogens is 336 g/mol. The number of nitrogens with zero attached hydrogens (tertiary/aromatic N) is 4. The van der Waals surface area contributed by atoms with Crippen LogP contribution in [-0.2, 0) is 19.0 Å². The highest BCUT2D eigenvalue weighted by atomic mass is 16.6. The van der Waals surface area contributed by atoms with Crippen molar-refractivity contribution in [3.05, 3.63) is 11.8 Å². The summed E-state index contributed by atoms with van der Waals surface area (Å²) < 4.78 is 15.6. The average Bonchev–Trinajstić information content (AvgIpc) is 2.65. The molecule has 0 saturated heterocycles. The molecule has 136 valence electrons. The van der Waals surface area contributed by atoms with E-state index in [2.05, 4.69) is 0 Å². The Morgan fingerprint density at radius 2 is 1.85 bits per heavy atom. The largest absolute Gasteiger partial charge is 0.498 e. The molecule has 0 radical (unpaired) electrons. The molecule has 1 rings (SSSR count). The molecule has 0 heterocycles. The van der Waals surface area contributed by atoms with E-state index in [4.69, 9.17) is 14.2 Å². The predicted octanol–water partition coefficient (Wildman–Crippen LogP) is 1.96. The summed E-state index contributed by atoms with van der Waals surface area (Å²) in [5.74, 6) is -1.35. The van der Waals surface area contributed by atoms with Gasteiger partial charge in [0.05, 0.1) is 42.6 Å². The number of nitriles is 4. The van der Waals surface area contributed by atoms with Crippen LogP contribution >= 0.6 is 0 Å². The van der Waals surface area contributed by atoms with E-state index in [1.165, 1.54) is 13.2 Å². The molecule has 0 aromatic heterocycles. The van der Waals surface area contributed by atoms with E-state index in [9.17, 15) is 25.8 Å². The van der Waals surface area contributed by atoms with Gasteiger partial charge in [0.25, 0.3) is 0 Å². The Bertz CT molecular complexity index is 704.